The lowest BCUT2D eigenvalue weighted by molar-refractivity contribution is -0.139. The predicted octanol–water partition coefficient (Wildman–Crippen LogP) is 2.02. The molecule has 2 aliphatic rings. The molecule has 0 bridgehead atoms. The summed E-state index contributed by atoms with van der Waals surface area (Å²) >= 11 is 0. The van der Waals surface area contributed by atoms with Crippen molar-refractivity contribution in [2.24, 2.45) is 5.92 Å². The number of likely N-dealkylation sites (tertiary alicyclic amines) is 1. The Labute approximate surface area is 166 Å². The number of benzene rings is 1. The third-order valence-corrected chi connectivity index (χ3v) is 5.63. The lowest BCUT2D eigenvalue weighted by Gasteiger charge is -2.33. The van der Waals surface area contributed by atoms with Crippen LogP contribution in [0.25, 0.3) is 6.08 Å². The van der Waals surface area contributed by atoms with Crippen LogP contribution in [0.4, 0.5) is 0 Å². The first-order valence-corrected chi connectivity index (χ1v) is 10.1. The van der Waals surface area contributed by atoms with Gasteiger partial charge in [-0.15, -0.1) is 0 Å². The van der Waals surface area contributed by atoms with Crippen LogP contribution in [0, 0.1) is 5.92 Å². The molecule has 0 aromatic heterocycles. The van der Waals surface area contributed by atoms with E-state index in [0.29, 0.717) is 45.6 Å². The van der Waals surface area contributed by atoms with Crippen molar-refractivity contribution in [2.45, 2.75) is 26.2 Å². The quantitative estimate of drug-likeness (QED) is 0.751. The Kier molecular flexibility index (Phi) is 6.85. The van der Waals surface area contributed by atoms with Crippen LogP contribution in [0.2, 0.25) is 0 Å². The molecule has 3 amide bonds. The number of rotatable bonds is 3. The molecule has 3 rings (SSSR count). The summed E-state index contributed by atoms with van der Waals surface area (Å²) in [5.74, 6) is 0.231. The van der Waals surface area contributed by atoms with Gasteiger partial charge in [-0.3, -0.25) is 14.4 Å². The van der Waals surface area contributed by atoms with Gasteiger partial charge in [-0.25, -0.2) is 0 Å². The smallest absolute Gasteiger partial charge is 0.246 e. The summed E-state index contributed by atoms with van der Waals surface area (Å²) in [7, 11) is 0. The van der Waals surface area contributed by atoms with E-state index in [1.165, 1.54) is 0 Å². The van der Waals surface area contributed by atoms with E-state index in [4.69, 9.17) is 0 Å². The SMILES string of the molecule is CC(=O)N1CCCN(C(=O)C2CCN(C(=O)/C=C/c3ccccc3)CC2)CC1. The number of hydrogen-bond donors (Lipinski definition) is 0. The first-order chi connectivity index (χ1) is 13.5. The second-order valence-corrected chi connectivity index (χ2v) is 7.53. The minimum absolute atomic E-state index is 0.00150. The Balaban J connectivity index is 1.48. The van der Waals surface area contributed by atoms with Crippen molar-refractivity contribution in [3.8, 4) is 0 Å². The summed E-state index contributed by atoms with van der Waals surface area (Å²) in [5, 5.41) is 0. The molecule has 2 saturated heterocycles. The predicted molar refractivity (Wildman–Crippen MR) is 108 cm³/mol. The molecule has 0 N–H and O–H groups in total. The van der Waals surface area contributed by atoms with E-state index in [9.17, 15) is 14.4 Å². The largest absolute Gasteiger partial charge is 0.341 e. The van der Waals surface area contributed by atoms with Crippen molar-refractivity contribution in [2.75, 3.05) is 39.3 Å². The zero-order valence-electron chi connectivity index (χ0n) is 16.5. The molecule has 28 heavy (non-hydrogen) atoms. The maximum absolute atomic E-state index is 12.9. The summed E-state index contributed by atoms with van der Waals surface area (Å²) < 4.78 is 0. The lowest BCUT2D eigenvalue weighted by Crippen LogP contribution is -2.45. The van der Waals surface area contributed by atoms with Crippen molar-refractivity contribution in [1.29, 1.82) is 0 Å². The number of amides is 3. The molecule has 0 radical (unpaired) electrons. The van der Waals surface area contributed by atoms with E-state index in [1.807, 2.05) is 51.1 Å². The van der Waals surface area contributed by atoms with Crippen LogP contribution in [0.5, 0.6) is 0 Å². The third kappa shape index (κ3) is 5.21. The number of piperidine rings is 1. The van der Waals surface area contributed by atoms with Crippen molar-refractivity contribution in [3.05, 3.63) is 42.0 Å². The second-order valence-electron chi connectivity index (χ2n) is 7.53. The van der Waals surface area contributed by atoms with Gasteiger partial charge in [0.15, 0.2) is 0 Å². The summed E-state index contributed by atoms with van der Waals surface area (Å²) in [5.41, 5.74) is 1.00. The average molecular weight is 383 g/mol. The Morgan fingerprint density at radius 1 is 0.857 bits per heavy atom. The summed E-state index contributed by atoms with van der Waals surface area (Å²) in [6.07, 6.45) is 5.68. The molecule has 0 atom stereocenters. The Morgan fingerprint density at radius 3 is 2.18 bits per heavy atom. The topological polar surface area (TPSA) is 60.9 Å². The normalized spacial score (nSPS) is 19.0. The highest BCUT2D eigenvalue weighted by Gasteiger charge is 2.30. The van der Waals surface area contributed by atoms with E-state index < -0.39 is 0 Å². The van der Waals surface area contributed by atoms with E-state index in [0.717, 1.165) is 18.5 Å². The molecule has 0 aliphatic carbocycles. The molecule has 1 aromatic carbocycles. The van der Waals surface area contributed by atoms with Crippen LogP contribution >= 0.6 is 0 Å². The van der Waals surface area contributed by atoms with E-state index >= 15 is 0 Å². The van der Waals surface area contributed by atoms with Gasteiger partial charge in [0, 0.05) is 58.2 Å². The van der Waals surface area contributed by atoms with Gasteiger partial charge in [0.1, 0.15) is 0 Å². The van der Waals surface area contributed by atoms with Crippen molar-refractivity contribution >= 4 is 23.8 Å². The van der Waals surface area contributed by atoms with Crippen molar-refractivity contribution in [3.63, 3.8) is 0 Å². The molecule has 6 heteroatoms. The molecule has 150 valence electrons. The average Bonchev–Trinajstić information content (AvgIpc) is 2.99. The highest BCUT2D eigenvalue weighted by molar-refractivity contribution is 5.92. The van der Waals surface area contributed by atoms with Gasteiger partial charge < -0.3 is 14.7 Å². The van der Waals surface area contributed by atoms with Crippen LogP contribution < -0.4 is 0 Å². The van der Waals surface area contributed by atoms with Crippen LogP contribution in [0.3, 0.4) is 0 Å². The van der Waals surface area contributed by atoms with Crippen LogP contribution in [0.1, 0.15) is 31.7 Å². The van der Waals surface area contributed by atoms with E-state index in [1.54, 1.807) is 13.0 Å². The Morgan fingerprint density at radius 2 is 1.50 bits per heavy atom. The van der Waals surface area contributed by atoms with Gasteiger partial charge >= 0.3 is 0 Å². The second kappa shape index (κ2) is 9.53. The number of carbonyl (C=O) groups excluding carboxylic acids is 3. The molecule has 0 unspecified atom stereocenters. The Bertz CT molecular complexity index is 724. The van der Waals surface area contributed by atoms with Crippen molar-refractivity contribution in [1.82, 2.24) is 14.7 Å². The zero-order valence-corrected chi connectivity index (χ0v) is 16.5. The fourth-order valence-corrected chi connectivity index (χ4v) is 3.89. The van der Waals surface area contributed by atoms with Gasteiger partial charge in [0.05, 0.1) is 0 Å². The van der Waals surface area contributed by atoms with Gasteiger partial charge in [-0.2, -0.15) is 0 Å². The molecule has 1 aromatic rings. The van der Waals surface area contributed by atoms with Crippen LogP contribution in [-0.2, 0) is 14.4 Å². The highest BCUT2D eigenvalue weighted by Crippen LogP contribution is 2.21. The summed E-state index contributed by atoms with van der Waals surface area (Å²) in [6.45, 7) is 5.46. The monoisotopic (exact) mass is 383 g/mol. The van der Waals surface area contributed by atoms with Gasteiger partial charge in [-0.05, 0) is 30.9 Å². The fourth-order valence-electron chi connectivity index (χ4n) is 3.89. The minimum atomic E-state index is -0.0222. The van der Waals surface area contributed by atoms with E-state index in [-0.39, 0.29) is 23.6 Å². The van der Waals surface area contributed by atoms with Crippen molar-refractivity contribution < 1.29 is 14.4 Å². The molecule has 0 saturated carbocycles. The zero-order chi connectivity index (χ0) is 19.9. The van der Waals surface area contributed by atoms with Gasteiger partial charge in [0.2, 0.25) is 17.7 Å². The molecule has 2 heterocycles. The summed E-state index contributed by atoms with van der Waals surface area (Å²) in [6, 6.07) is 9.76. The molecule has 2 fully saturated rings. The van der Waals surface area contributed by atoms with Gasteiger partial charge in [0.25, 0.3) is 0 Å². The fraction of sp³-hybridized carbons (Fsp3) is 0.500. The maximum Gasteiger partial charge on any atom is 0.246 e. The minimum Gasteiger partial charge on any atom is -0.341 e. The third-order valence-electron chi connectivity index (χ3n) is 5.63. The maximum atomic E-state index is 12.9. The first kappa shape index (κ1) is 20.1. The standard InChI is InChI=1S/C22H29N3O3/c1-18(26)23-12-5-13-25(17-16-23)22(28)20-10-14-24(15-11-20)21(27)9-8-19-6-3-2-4-7-19/h2-4,6-9,20H,5,10-17H2,1H3/b9-8+. The molecule has 2 aliphatic heterocycles. The first-order valence-electron chi connectivity index (χ1n) is 10.1. The number of carbonyl (C=O) groups is 3. The molecule has 0 spiro atoms. The van der Waals surface area contributed by atoms with Crippen LogP contribution in [0.15, 0.2) is 36.4 Å². The number of hydrogen-bond acceptors (Lipinski definition) is 3. The molecule has 6 nitrogen and oxygen atoms in total. The highest BCUT2D eigenvalue weighted by atomic mass is 16.2. The van der Waals surface area contributed by atoms with E-state index in [2.05, 4.69) is 0 Å². The molecular weight excluding hydrogens is 354 g/mol. The Hall–Kier alpha value is -2.63. The summed E-state index contributed by atoms with van der Waals surface area (Å²) in [4.78, 5) is 42.4. The lowest BCUT2D eigenvalue weighted by atomic mass is 9.95. The number of nitrogens with zero attached hydrogens (tertiary/aromatic N) is 3. The molecular formula is C22H29N3O3. The van der Waals surface area contributed by atoms with Gasteiger partial charge in [-0.1, -0.05) is 30.3 Å². The van der Waals surface area contributed by atoms with Crippen LogP contribution in [-0.4, -0.2) is 71.7 Å².